The predicted molar refractivity (Wildman–Crippen MR) is 78.0 cm³/mol. The lowest BCUT2D eigenvalue weighted by Crippen LogP contribution is -2.57. The zero-order chi connectivity index (χ0) is 13.6. The standard InChI is InChI=1S/C15H32N2O/c1-6-13(7-2)17(10-11-18-5)14-8-9-16-12-15(14,3)4/h13-14,16H,6-12H2,1-5H3. The number of nitrogens with zero attached hydrogens (tertiary/aromatic N) is 1. The summed E-state index contributed by atoms with van der Waals surface area (Å²) in [6.45, 7) is 13.6. The van der Waals surface area contributed by atoms with Crippen LogP contribution in [0.4, 0.5) is 0 Å². The van der Waals surface area contributed by atoms with Crippen LogP contribution in [0.5, 0.6) is 0 Å². The molecule has 1 aliphatic heterocycles. The smallest absolute Gasteiger partial charge is 0.0589 e. The van der Waals surface area contributed by atoms with Gasteiger partial charge in [0.2, 0.25) is 0 Å². The van der Waals surface area contributed by atoms with Crippen molar-refractivity contribution in [3.05, 3.63) is 0 Å². The number of methoxy groups -OCH3 is 1. The summed E-state index contributed by atoms with van der Waals surface area (Å²) in [5, 5.41) is 3.53. The van der Waals surface area contributed by atoms with Crippen LogP contribution in [0.25, 0.3) is 0 Å². The molecule has 1 unspecified atom stereocenters. The molecule has 108 valence electrons. The SMILES string of the molecule is CCC(CC)N(CCOC)C1CCNCC1(C)C. The fourth-order valence-corrected chi connectivity index (χ4v) is 3.32. The Morgan fingerprint density at radius 2 is 2.00 bits per heavy atom. The molecular weight excluding hydrogens is 224 g/mol. The highest BCUT2D eigenvalue weighted by atomic mass is 16.5. The Morgan fingerprint density at radius 1 is 1.33 bits per heavy atom. The maximum Gasteiger partial charge on any atom is 0.0589 e. The van der Waals surface area contributed by atoms with Crippen LogP contribution in [-0.2, 0) is 4.74 Å². The van der Waals surface area contributed by atoms with Gasteiger partial charge in [-0.05, 0) is 31.2 Å². The van der Waals surface area contributed by atoms with Gasteiger partial charge < -0.3 is 10.1 Å². The largest absolute Gasteiger partial charge is 0.383 e. The monoisotopic (exact) mass is 256 g/mol. The molecule has 1 N–H and O–H groups in total. The van der Waals surface area contributed by atoms with Crippen LogP contribution in [-0.4, -0.2) is 50.3 Å². The van der Waals surface area contributed by atoms with Gasteiger partial charge in [0.15, 0.2) is 0 Å². The fraction of sp³-hybridized carbons (Fsp3) is 1.00. The molecule has 0 aromatic heterocycles. The quantitative estimate of drug-likeness (QED) is 0.757. The van der Waals surface area contributed by atoms with Crippen molar-refractivity contribution in [3.63, 3.8) is 0 Å². The Morgan fingerprint density at radius 3 is 2.50 bits per heavy atom. The van der Waals surface area contributed by atoms with Gasteiger partial charge >= 0.3 is 0 Å². The van der Waals surface area contributed by atoms with Gasteiger partial charge in [0, 0.05) is 32.3 Å². The van der Waals surface area contributed by atoms with Crippen LogP contribution in [0.2, 0.25) is 0 Å². The third-order valence-corrected chi connectivity index (χ3v) is 4.44. The van der Waals surface area contributed by atoms with Gasteiger partial charge in [-0.15, -0.1) is 0 Å². The molecule has 1 aliphatic rings. The summed E-state index contributed by atoms with van der Waals surface area (Å²) >= 11 is 0. The van der Waals surface area contributed by atoms with Crippen molar-refractivity contribution in [2.75, 3.05) is 33.4 Å². The zero-order valence-corrected chi connectivity index (χ0v) is 13.0. The zero-order valence-electron chi connectivity index (χ0n) is 13.0. The highest BCUT2D eigenvalue weighted by Crippen LogP contribution is 2.32. The van der Waals surface area contributed by atoms with E-state index in [1.165, 1.54) is 19.3 Å². The molecule has 0 radical (unpaired) electrons. The van der Waals surface area contributed by atoms with Gasteiger partial charge in [0.1, 0.15) is 0 Å². The number of hydrogen-bond donors (Lipinski definition) is 1. The van der Waals surface area contributed by atoms with Crippen LogP contribution in [0.15, 0.2) is 0 Å². The normalized spacial score (nSPS) is 23.8. The number of hydrogen-bond acceptors (Lipinski definition) is 3. The summed E-state index contributed by atoms with van der Waals surface area (Å²) < 4.78 is 5.31. The van der Waals surface area contributed by atoms with Gasteiger partial charge in [-0.1, -0.05) is 27.7 Å². The number of nitrogens with one attached hydrogen (secondary N) is 1. The molecule has 1 rings (SSSR count). The molecule has 3 nitrogen and oxygen atoms in total. The summed E-state index contributed by atoms with van der Waals surface area (Å²) in [5.41, 5.74) is 0.356. The van der Waals surface area contributed by atoms with Crippen LogP contribution in [0.3, 0.4) is 0 Å². The third kappa shape index (κ3) is 3.94. The summed E-state index contributed by atoms with van der Waals surface area (Å²) in [6, 6.07) is 1.38. The van der Waals surface area contributed by atoms with Crippen LogP contribution < -0.4 is 5.32 Å². The van der Waals surface area contributed by atoms with E-state index in [9.17, 15) is 0 Å². The molecular formula is C15H32N2O. The summed E-state index contributed by atoms with van der Waals surface area (Å²) in [5.74, 6) is 0. The van der Waals surface area contributed by atoms with Crippen molar-refractivity contribution < 1.29 is 4.74 Å². The van der Waals surface area contributed by atoms with E-state index in [1.807, 2.05) is 0 Å². The first kappa shape index (κ1) is 15.9. The van der Waals surface area contributed by atoms with E-state index in [0.29, 0.717) is 17.5 Å². The second kappa shape index (κ2) is 7.46. The second-order valence-corrected chi connectivity index (χ2v) is 6.17. The van der Waals surface area contributed by atoms with E-state index >= 15 is 0 Å². The lowest BCUT2D eigenvalue weighted by atomic mass is 9.78. The summed E-state index contributed by atoms with van der Waals surface area (Å²) in [6.07, 6.45) is 3.73. The van der Waals surface area contributed by atoms with Crippen molar-refractivity contribution in [2.45, 2.75) is 59.0 Å². The summed E-state index contributed by atoms with van der Waals surface area (Å²) in [7, 11) is 1.80. The Kier molecular flexibility index (Phi) is 6.61. The first-order chi connectivity index (χ1) is 8.56. The van der Waals surface area contributed by atoms with Crippen molar-refractivity contribution in [1.82, 2.24) is 10.2 Å². The minimum atomic E-state index is 0.356. The number of rotatable bonds is 7. The molecule has 0 spiro atoms. The highest BCUT2D eigenvalue weighted by molar-refractivity contribution is 4.93. The van der Waals surface area contributed by atoms with Crippen LogP contribution >= 0.6 is 0 Å². The molecule has 0 saturated carbocycles. The molecule has 0 aliphatic carbocycles. The maximum atomic E-state index is 5.31. The average Bonchev–Trinajstić information content (AvgIpc) is 2.35. The molecule has 1 fully saturated rings. The fourth-order valence-electron chi connectivity index (χ4n) is 3.32. The first-order valence-corrected chi connectivity index (χ1v) is 7.52. The van der Waals surface area contributed by atoms with Gasteiger partial charge in [0.25, 0.3) is 0 Å². The second-order valence-electron chi connectivity index (χ2n) is 6.17. The van der Waals surface area contributed by atoms with E-state index in [2.05, 4.69) is 37.9 Å². The maximum absolute atomic E-state index is 5.31. The molecule has 0 aromatic rings. The van der Waals surface area contributed by atoms with E-state index < -0.39 is 0 Å². The number of ether oxygens (including phenoxy) is 1. The van der Waals surface area contributed by atoms with Crippen LogP contribution in [0, 0.1) is 5.41 Å². The first-order valence-electron chi connectivity index (χ1n) is 7.52. The minimum Gasteiger partial charge on any atom is -0.383 e. The molecule has 1 atom stereocenters. The highest BCUT2D eigenvalue weighted by Gasteiger charge is 2.37. The Hall–Kier alpha value is -0.120. The van der Waals surface area contributed by atoms with E-state index in [-0.39, 0.29) is 0 Å². The van der Waals surface area contributed by atoms with Crippen LogP contribution in [0.1, 0.15) is 47.0 Å². The minimum absolute atomic E-state index is 0.356. The molecule has 0 bridgehead atoms. The average molecular weight is 256 g/mol. The molecule has 18 heavy (non-hydrogen) atoms. The van der Waals surface area contributed by atoms with Crippen molar-refractivity contribution in [2.24, 2.45) is 5.41 Å². The molecule has 3 heteroatoms. The molecule has 0 aromatic carbocycles. The molecule has 1 saturated heterocycles. The van der Waals surface area contributed by atoms with E-state index in [0.717, 1.165) is 26.2 Å². The van der Waals surface area contributed by atoms with Gasteiger partial charge in [0.05, 0.1) is 6.61 Å². The molecule has 1 heterocycles. The Bertz CT molecular complexity index is 227. The van der Waals surface area contributed by atoms with Crippen molar-refractivity contribution in [3.8, 4) is 0 Å². The predicted octanol–water partition coefficient (Wildman–Crippen LogP) is 2.51. The van der Waals surface area contributed by atoms with E-state index in [1.54, 1.807) is 7.11 Å². The third-order valence-electron chi connectivity index (χ3n) is 4.44. The van der Waals surface area contributed by atoms with E-state index in [4.69, 9.17) is 4.74 Å². The lowest BCUT2D eigenvalue weighted by Gasteiger charge is -2.48. The summed E-state index contributed by atoms with van der Waals surface area (Å²) in [4.78, 5) is 2.71. The van der Waals surface area contributed by atoms with Gasteiger partial charge in [-0.2, -0.15) is 0 Å². The number of piperidine rings is 1. The Labute approximate surface area is 113 Å². The van der Waals surface area contributed by atoms with Gasteiger partial charge in [-0.25, -0.2) is 0 Å². The topological polar surface area (TPSA) is 24.5 Å². The molecule has 0 amide bonds. The van der Waals surface area contributed by atoms with Gasteiger partial charge in [-0.3, -0.25) is 4.90 Å². The lowest BCUT2D eigenvalue weighted by molar-refractivity contribution is 0.00713. The Balaban J connectivity index is 2.78. The van der Waals surface area contributed by atoms with Crippen molar-refractivity contribution >= 4 is 0 Å². The van der Waals surface area contributed by atoms with Crippen molar-refractivity contribution in [1.29, 1.82) is 0 Å².